The minimum atomic E-state index is 0.590. The van der Waals surface area contributed by atoms with Crippen LogP contribution in [0.1, 0.15) is 18.7 Å². The van der Waals surface area contributed by atoms with Gasteiger partial charge in [-0.3, -0.25) is 9.88 Å². The molecule has 1 atom stereocenters. The lowest BCUT2D eigenvalue weighted by atomic mass is 10.2. The third kappa shape index (κ3) is 4.28. The van der Waals surface area contributed by atoms with Gasteiger partial charge in [0.1, 0.15) is 0 Å². The Bertz CT molecular complexity index is 259. The number of rotatable bonds is 6. The molecule has 15 heavy (non-hydrogen) atoms. The topological polar surface area (TPSA) is 19.4 Å². The third-order valence-corrected chi connectivity index (χ3v) is 3.27. The van der Waals surface area contributed by atoms with Crippen LogP contribution in [0.4, 0.5) is 0 Å². The summed E-state index contributed by atoms with van der Waals surface area (Å²) in [5.41, 5.74) is 1.90. The normalized spacial score (nSPS) is 13.7. The number of hydrogen-bond acceptors (Lipinski definition) is 4. The van der Waals surface area contributed by atoms with E-state index in [2.05, 4.69) is 42.7 Å². The first-order chi connectivity index (χ1) is 7.13. The molecule has 1 heterocycles. The lowest BCUT2D eigenvalue weighted by Gasteiger charge is -2.29. The molecule has 0 N–H and O–H groups in total. The zero-order chi connectivity index (χ0) is 11.3. The van der Waals surface area contributed by atoms with Gasteiger partial charge in [0.2, 0.25) is 0 Å². The Hall–Kier alpha value is -0.450. The average Bonchev–Trinajstić information content (AvgIpc) is 2.65. The fourth-order valence-corrected chi connectivity index (χ4v) is 2.36. The summed E-state index contributed by atoms with van der Waals surface area (Å²) in [6.07, 6.45) is 1.97. The summed E-state index contributed by atoms with van der Waals surface area (Å²) in [6, 6.07) is 0.590. The average molecular weight is 227 g/mol. The lowest BCUT2D eigenvalue weighted by molar-refractivity contribution is 0.175. The summed E-state index contributed by atoms with van der Waals surface area (Å²) in [6.45, 7) is 7.72. The minimum Gasteiger partial charge on any atom is -0.308 e. The number of likely N-dealkylation sites (N-methyl/N-ethyl adjacent to an activating group) is 2. The molecular weight excluding hydrogens is 206 g/mol. The first-order valence-electron chi connectivity index (χ1n) is 5.39. The highest BCUT2D eigenvalue weighted by atomic mass is 32.1. The van der Waals surface area contributed by atoms with Crippen LogP contribution in [0.2, 0.25) is 0 Å². The van der Waals surface area contributed by atoms with Crippen molar-refractivity contribution in [3.63, 3.8) is 0 Å². The van der Waals surface area contributed by atoms with Gasteiger partial charge in [-0.2, -0.15) is 0 Å². The lowest BCUT2D eigenvalue weighted by Crippen LogP contribution is -2.39. The van der Waals surface area contributed by atoms with Gasteiger partial charge in [-0.25, -0.2) is 0 Å². The quantitative estimate of drug-likeness (QED) is 0.740. The van der Waals surface area contributed by atoms with E-state index in [0.29, 0.717) is 6.04 Å². The molecule has 0 aliphatic carbocycles. The van der Waals surface area contributed by atoms with Gasteiger partial charge < -0.3 is 4.90 Å². The molecule has 0 saturated heterocycles. The summed E-state index contributed by atoms with van der Waals surface area (Å²) in [7, 11) is 4.24. The molecular formula is C11H21N3S. The molecule has 0 spiro atoms. The van der Waals surface area contributed by atoms with Crippen molar-refractivity contribution in [1.82, 2.24) is 14.8 Å². The summed E-state index contributed by atoms with van der Waals surface area (Å²) in [5.74, 6) is 0. The van der Waals surface area contributed by atoms with Crippen molar-refractivity contribution in [2.75, 3.05) is 27.2 Å². The van der Waals surface area contributed by atoms with Crippen molar-refractivity contribution in [3.05, 3.63) is 16.6 Å². The Morgan fingerprint density at radius 1 is 1.47 bits per heavy atom. The highest BCUT2D eigenvalue weighted by molar-refractivity contribution is 7.09. The molecule has 0 amide bonds. The van der Waals surface area contributed by atoms with Crippen LogP contribution in [0.15, 0.2) is 11.7 Å². The number of thiazole rings is 1. The first kappa shape index (κ1) is 12.6. The van der Waals surface area contributed by atoms with E-state index in [4.69, 9.17) is 0 Å². The van der Waals surface area contributed by atoms with E-state index in [1.807, 2.05) is 11.7 Å². The van der Waals surface area contributed by atoms with E-state index in [1.54, 1.807) is 11.3 Å². The van der Waals surface area contributed by atoms with Gasteiger partial charge >= 0.3 is 0 Å². The highest BCUT2D eigenvalue weighted by Gasteiger charge is 2.13. The highest BCUT2D eigenvalue weighted by Crippen LogP contribution is 2.12. The first-order valence-corrected chi connectivity index (χ1v) is 6.27. The third-order valence-electron chi connectivity index (χ3n) is 2.50. The summed E-state index contributed by atoms with van der Waals surface area (Å²) in [5, 5.41) is 0. The van der Waals surface area contributed by atoms with Crippen molar-refractivity contribution in [1.29, 1.82) is 0 Å². The van der Waals surface area contributed by atoms with Gasteiger partial charge in [0.05, 0.1) is 5.51 Å². The predicted octanol–water partition coefficient (Wildman–Crippen LogP) is 1.92. The zero-order valence-electron chi connectivity index (χ0n) is 10.1. The van der Waals surface area contributed by atoms with Crippen molar-refractivity contribution in [2.45, 2.75) is 26.4 Å². The number of aromatic nitrogens is 1. The van der Waals surface area contributed by atoms with Crippen LogP contribution in [0, 0.1) is 0 Å². The maximum Gasteiger partial charge on any atom is 0.0794 e. The zero-order valence-corrected chi connectivity index (χ0v) is 10.9. The molecule has 1 aromatic heterocycles. The SMILES string of the molecule is CCN(Cc1cncs1)[C@@H](C)CN(C)C. The van der Waals surface area contributed by atoms with E-state index in [-0.39, 0.29) is 0 Å². The van der Waals surface area contributed by atoms with Gasteiger partial charge in [-0.1, -0.05) is 6.92 Å². The van der Waals surface area contributed by atoms with Crippen LogP contribution >= 0.6 is 11.3 Å². The molecule has 1 rings (SSSR count). The van der Waals surface area contributed by atoms with Crippen LogP contribution < -0.4 is 0 Å². The fourth-order valence-electron chi connectivity index (χ4n) is 1.74. The molecule has 4 heteroatoms. The fraction of sp³-hybridized carbons (Fsp3) is 0.727. The van der Waals surface area contributed by atoms with Crippen LogP contribution in [-0.4, -0.2) is 48.0 Å². The van der Waals surface area contributed by atoms with Gasteiger partial charge in [-0.15, -0.1) is 11.3 Å². The molecule has 86 valence electrons. The molecule has 3 nitrogen and oxygen atoms in total. The molecule has 0 radical (unpaired) electrons. The minimum absolute atomic E-state index is 0.590. The summed E-state index contributed by atoms with van der Waals surface area (Å²) >= 11 is 1.74. The Morgan fingerprint density at radius 2 is 2.20 bits per heavy atom. The predicted molar refractivity (Wildman–Crippen MR) is 66.2 cm³/mol. The van der Waals surface area contributed by atoms with E-state index in [0.717, 1.165) is 19.6 Å². The molecule has 0 aliphatic heterocycles. The Morgan fingerprint density at radius 3 is 2.67 bits per heavy atom. The van der Waals surface area contributed by atoms with Crippen LogP contribution in [-0.2, 0) is 6.54 Å². The van der Waals surface area contributed by atoms with Gasteiger partial charge in [0, 0.05) is 30.2 Å². The molecule has 1 aromatic rings. The molecule has 0 aromatic carbocycles. The molecule has 0 aliphatic rings. The number of nitrogens with zero attached hydrogens (tertiary/aromatic N) is 3. The smallest absolute Gasteiger partial charge is 0.0794 e. The Labute approximate surface area is 96.7 Å². The monoisotopic (exact) mass is 227 g/mol. The maximum atomic E-state index is 4.11. The second kappa shape index (κ2) is 6.20. The second-order valence-electron chi connectivity index (χ2n) is 4.14. The van der Waals surface area contributed by atoms with Crippen molar-refractivity contribution >= 4 is 11.3 Å². The van der Waals surface area contributed by atoms with Crippen molar-refractivity contribution in [2.24, 2.45) is 0 Å². The Kier molecular flexibility index (Phi) is 5.22. The van der Waals surface area contributed by atoms with Crippen LogP contribution in [0.3, 0.4) is 0 Å². The van der Waals surface area contributed by atoms with E-state index in [9.17, 15) is 0 Å². The Balaban J connectivity index is 2.48. The largest absolute Gasteiger partial charge is 0.308 e. The van der Waals surface area contributed by atoms with Crippen LogP contribution in [0.25, 0.3) is 0 Å². The molecule has 0 unspecified atom stereocenters. The van der Waals surface area contributed by atoms with Gasteiger partial charge in [0.25, 0.3) is 0 Å². The van der Waals surface area contributed by atoms with E-state index in [1.165, 1.54) is 4.88 Å². The standard InChI is InChI=1S/C11H21N3S/c1-5-14(10(2)7-13(3)4)8-11-6-12-9-15-11/h6,9-10H,5,7-8H2,1-4H3/t10-/m0/s1. The van der Waals surface area contributed by atoms with E-state index >= 15 is 0 Å². The van der Waals surface area contributed by atoms with Crippen LogP contribution in [0.5, 0.6) is 0 Å². The van der Waals surface area contributed by atoms with Gasteiger partial charge in [-0.05, 0) is 27.6 Å². The molecule has 0 bridgehead atoms. The summed E-state index contributed by atoms with van der Waals surface area (Å²) in [4.78, 5) is 10.2. The van der Waals surface area contributed by atoms with Gasteiger partial charge in [0.15, 0.2) is 0 Å². The second-order valence-corrected chi connectivity index (χ2v) is 5.11. The van der Waals surface area contributed by atoms with Crippen molar-refractivity contribution < 1.29 is 0 Å². The molecule has 0 fully saturated rings. The molecule has 0 saturated carbocycles. The number of hydrogen-bond donors (Lipinski definition) is 0. The van der Waals surface area contributed by atoms with Crippen molar-refractivity contribution in [3.8, 4) is 0 Å². The maximum absolute atomic E-state index is 4.11. The summed E-state index contributed by atoms with van der Waals surface area (Å²) < 4.78 is 0. The van der Waals surface area contributed by atoms with E-state index < -0.39 is 0 Å².